The van der Waals surface area contributed by atoms with Gasteiger partial charge in [0.05, 0.1) is 11.4 Å². The lowest BCUT2D eigenvalue weighted by molar-refractivity contribution is -0.137. The molecule has 0 radical (unpaired) electrons. The number of carbonyl (C=O) groups is 4. The standard InChI is InChI=1S/C25H33N5O6S/c31-22-9-8-20(24(33)26-22)30-16-19-18(25(30)34)6-5-7-21(19)37(35,36)29-14-12-27(13-15-29)17-23(32)28-10-3-1-2-4-11-28/h5-7,20H,1-4,8-17H2,(H,26,31,33). The van der Waals surface area contributed by atoms with Crippen LogP contribution in [0.3, 0.4) is 0 Å². The molecule has 1 aromatic carbocycles. The first-order valence-electron chi connectivity index (χ1n) is 13.0. The molecule has 0 bridgehead atoms. The van der Waals surface area contributed by atoms with Gasteiger partial charge < -0.3 is 9.80 Å². The molecular formula is C25H33N5O6S. The number of benzene rings is 1. The number of nitrogens with zero attached hydrogens (tertiary/aromatic N) is 4. The predicted molar refractivity (Wildman–Crippen MR) is 133 cm³/mol. The van der Waals surface area contributed by atoms with E-state index in [-0.39, 0.29) is 54.7 Å². The Bertz CT molecular complexity index is 1200. The molecule has 4 heterocycles. The van der Waals surface area contributed by atoms with E-state index in [4.69, 9.17) is 0 Å². The highest BCUT2D eigenvalue weighted by Crippen LogP contribution is 2.33. The van der Waals surface area contributed by atoms with E-state index < -0.39 is 27.9 Å². The molecule has 37 heavy (non-hydrogen) atoms. The monoisotopic (exact) mass is 531 g/mol. The van der Waals surface area contributed by atoms with E-state index in [0.717, 1.165) is 38.8 Å². The van der Waals surface area contributed by atoms with Crippen molar-refractivity contribution in [3.05, 3.63) is 29.3 Å². The first-order chi connectivity index (χ1) is 17.8. The maximum atomic E-state index is 13.6. The third kappa shape index (κ3) is 5.14. The highest BCUT2D eigenvalue weighted by molar-refractivity contribution is 7.89. The van der Waals surface area contributed by atoms with E-state index in [9.17, 15) is 27.6 Å². The molecule has 0 aliphatic carbocycles. The van der Waals surface area contributed by atoms with Crippen molar-refractivity contribution in [2.75, 3.05) is 45.8 Å². The smallest absolute Gasteiger partial charge is 0.255 e. The van der Waals surface area contributed by atoms with Crippen molar-refractivity contribution < 1.29 is 27.6 Å². The highest BCUT2D eigenvalue weighted by Gasteiger charge is 2.42. The quantitative estimate of drug-likeness (QED) is 0.536. The molecule has 1 atom stereocenters. The lowest BCUT2D eigenvalue weighted by atomic mass is 10.0. The summed E-state index contributed by atoms with van der Waals surface area (Å²) >= 11 is 0. The summed E-state index contributed by atoms with van der Waals surface area (Å²) in [6.07, 6.45) is 4.71. The van der Waals surface area contributed by atoms with Crippen LogP contribution >= 0.6 is 0 Å². The lowest BCUT2D eigenvalue weighted by Gasteiger charge is -2.35. The fourth-order valence-corrected chi connectivity index (χ4v) is 7.34. The molecule has 4 aliphatic rings. The Balaban J connectivity index is 1.25. The van der Waals surface area contributed by atoms with Crippen LogP contribution in [0.25, 0.3) is 0 Å². The number of carbonyl (C=O) groups excluding carboxylic acids is 4. The van der Waals surface area contributed by atoms with Crippen molar-refractivity contribution in [2.45, 2.75) is 56.0 Å². The van der Waals surface area contributed by atoms with Crippen LogP contribution in [-0.4, -0.2) is 103 Å². The summed E-state index contributed by atoms with van der Waals surface area (Å²) in [7, 11) is -3.89. The molecule has 11 nitrogen and oxygen atoms in total. The Kier molecular flexibility index (Phi) is 7.32. The van der Waals surface area contributed by atoms with Gasteiger partial charge >= 0.3 is 0 Å². The Morgan fingerprint density at radius 1 is 0.946 bits per heavy atom. The molecule has 1 aromatic rings. The van der Waals surface area contributed by atoms with Crippen molar-refractivity contribution in [3.63, 3.8) is 0 Å². The summed E-state index contributed by atoms with van der Waals surface area (Å²) < 4.78 is 28.7. The predicted octanol–water partition coefficient (Wildman–Crippen LogP) is 0.157. The summed E-state index contributed by atoms with van der Waals surface area (Å²) in [6.45, 7) is 3.30. The van der Waals surface area contributed by atoms with Gasteiger partial charge in [0.2, 0.25) is 27.7 Å². The van der Waals surface area contributed by atoms with E-state index >= 15 is 0 Å². The SMILES string of the molecule is O=C1CCC(N2Cc3c(cccc3S(=O)(=O)N3CCN(CC(=O)N4CCCCCC4)CC3)C2=O)C(=O)N1. The molecule has 1 unspecified atom stereocenters. The lowest BCUT2D eigenvalue weighted by Crippen LogP contribution is -2.52. The summed E-state index contributed by atoms with van der Waals surface area (Å²) in [6, 6.07) is 3.83. The van der Waals surface area contributed by atoms with Gasteiger partial charge in [-0.05, 0) is 31.4 Å². The summed E-state index contributed by atoms with van der Waals surface area (Å²) in [5.74, 6) is -1.21. The molecule has 1 N–H and O–H groups in total. The Morgan fingerprint density at radius 2 is 1.65 bits per heavy atom. The van der Waals surface area contributed by atoms with Crippen molar-refractivity contribution in [1.82, 2.24) is 24.3 Å². The maximum Gasteiger partial charge on any atom is 0.255 e. The molecular weight excluding hydrogens is 498 g/mol. The minimum atomic E-state index is -3.89. The fraction of sp³-hybridized carbons (Fsp3) is 0.600. The number of nitrogens with one attached hydrogen (secondary N) is 1. The second kappa shape index (κ2) is 10.5. The van der Waals surface area contributed by atoms with Crippen LogP contribution in [0.2, 0.25) is 0 Å². The van der Waals surface area contributed by atoms with E-state index in [1.807, 2.05) is 9.80 Å². The Hall–Kier alpha value is -2.83. The second-order valence-corrected chi connectivity index (χ2v) is 12.1. The number of amides is 4. The summed E-state index contributed by atoms with van der Waals surface area (Å²) in [4.78, 5) is 55.1. The molecule has 4 aliphatic heterocycles. The van der Waals surface area contributed by atoms with Crippen molar-refractivity contribution >= 4 is 33.7 Å². The number of piperazine rings is 1. The molecule has 5 rings (SSSR count). The third-order valence-corrected chi connectivity index (χ3v) is 9.79. The first kappa shape index (κ1) is 25.8. The molecule has 200 valence electrons. The van der Waals surface area contributed by atoms with Gasteiger partial charge in [-0.15, -0.1) is 0 Å². The van der Waals surface area contributed by atoms with Gasteiger partial charge in [0.25, 0.3) is 5.91 Å². The largest absolute Gasteiger partial charge is 0.342 e. The van der Waals surface area contributed by atoms with Crippen molar-refractivity contribution in [2.24, 2.45) is 0 Å². The Morgan fingerprint density at radius 3 is 2.32 bits per heavy atom. The maximum absolute atomic E-state index is 13.6. The average molecular weight is 532 g/mol. The number of rotatable bonds is 5. The zero-order valence-electron chi connectivity index (χ0n) is 20.9. The highest BCUT2D eigenvalue weighted by atomic mass is 32.2. The van der Waals surface area contributed by atoms with Gasteiger partial charge in [-0.1, -0.05) is 18.9 Å². The zero-order valence-corrected chi connectivity index (χ0v) is 21.7. The minimum absolute atomic E-state index is 0.000147. The fourth-order valence-electron chi connectivity index (χ4n) is 5.68. The number of likely N-dealkylation sites (tertiary alicyclic amines) is 1. The first-order valence-corrected chi connectivity index (χ1v) is 14.5. The van der Waals surface area contributed by atoms with E-state index in [1.54, 1.807) is 12.1 Å². The normalized spacial score (nSPS) is 24.1. The topological polar surface area (TPSA) is 127 Å². The van der Waals surface area contributed by atoms with Crippen LogP contribution in [0.1, 0.15) is 54.4 Å². The molecule has 0 aromatic heterocycles. The van der Waals surface area contributed by atoms with Crippen molar-refractivity contribution in [1.29, 1.82) is 0 Å². The molecule has 3 fully saturated rings. The number of hydrogen-bond donors (Lipinski definition) is 1. The van der Waals surface area contributed by atoms with Crippen molar-refractivity contribution in [3.8, 4) is 0 Å². The molecule has 3 saturated heterocycles. The van der Waals surface area contributed by atoms with E-state index in [0.29, 0.717) is 25.2 Å². The second-order valence-electron chi connectivity index (χ2n) is 10.2. The van der Waals surface area contributed by atoms with Crippen LogP contribution in [0, 0.1) is 0 Å². The molecule has 12 heteroatoms. The average Bonchev–Trinajstić information content (AvgIpc) is 3.04. The van der Waals surface area contributed by atoms with Crippen LogP contribution < -0.4 is 5.32 Å². The van der Waals surface area contributed by atoms with E-state index in [1.165, 1.54) is 15.3 Å². The number of sulfonamides is 1. The number of piperidine rings is 1. The van der Waals surface area contributed by atoms with Gasteiger partial charge in [0, 0.05) is 63.4 Å². The molecule has 0 spiro atoms. The van der Waals surface area contributed by atoms with Gasteiger partial charge in [-0.2, -0.15) is 4.31 Å². The van der Waals surface area contributed by atoms with Gasteiger partial charge in [0.15, 0.2) is 0 Å². The van der Waals surface area contributed by atoms with Crippen LogP contribution in [0.4, 0.5) is 0 Å². The number of fused-ring (bicyclic) bond motifs is 1. The summed E-state index contributed by atoms with van der Waals surface area (Å²) in [5.41, 5.74) is 0.656. The third-order valence-electron chi connectivity index (χ3n) is 7.81. The minimum Gasteiger partial charge on any atom is -0.342 e. The van der Waals surface area contributed by atoms with Gasteiger partial charge in [0.1, 0.15) is 6.04 Å². The zero-order chi connectivity index (χ0) is 26.2. The van der Waals surface area contributed by atoms with Gasteiger partial charge in [-0.3, -0.25) is 29.4 Å². The Labute approximate surface area is 216 Å². The number of hydrogen-bond acceptors (Lipinski definition) is 7. The summed E-state index contributed by atoms with van der Waals surface area (Å²) in [5, 5.41) is 2.26. The van der Waals surface area contributed by atoms with Crippen LogP contribution in [0.5, 0.6) is 0 Å². The van der Waals surface area contributed by atoms with Crippen LogP contribution in [0.15, 0.2) is 23.1 Å². The van der Waals surface area contributed by atoms with E-state index in [2.05, 4.69) is 5.32 Å². The van der Waals surface area contributed by atoms with Crippen LogP contribution in [-0.2, 0) is 31.0 Å². The number of imide groups is 1. The van der Waals surface area contributed by atoms with Gasteiger partial charge in [-0.25, -0.2) is 8.42 Å². The molecule has 0 saturated carbocycles. The molecule has 4 amide bonds.